The van der Waals surface area contributed by atoms with Crippen LogP contribution < -0.4 is 5.32 Å². The van der Waals surface area contributed by atoms with Crippen LogP contribution in [0, 0.1) is 6.92 Å². The lowest BCUT2D eigenvalue weighted by atomic mass is 9.90. The van der Waals surface area contributed by atoms with Crippen molar-refractivity contribution in [3.63, 3.8) is 0 Å². The highest BCUT2D eigenvalue weighted by atomic mass is 19.4. The molecule has 1 fully saturated rings. The van der Waals surface area contributed by atoms with E-state index in [-0.39, 0.29) is 29.2 Å². The van der Waals surface area contributed by atoms with E-state index in [4.69, 9.17) is 4.42 Å². The van der Waals surface area contributed by atoms with Crippen molar-refractivity contribution in [2.24, 2.45) is 0 Å². The Morgan fingerprint density at radius 3 is 2.59 bits per heavy atom. The van der Waals surface area contributed by atoms with Gasteiger partial charge in [0.1, 0.15) is 22.6 Å². The van der Waals surface area contributed by atoms with E-state index in [1.807, 2.05) is 0 Å². The number of imide groups is 1. The average molecular weight is 410 g/mol. The fraction of sp³-hybridized carbons (Fsp3) is 0.316. The number of rotatable bonds is 4. The third-order valence-electron chi connectivity index (χ3n) is 4.73. The number of ether oxygens (including phenoxy) is 1. The van der Waals surface area contributed by atoms with Gasteiger partial charge in [-0.1, -0.05) is 12.1 Å². The van der Waals surface area contributed by atoms with E-state index in [0.717, 1.165) is 17.0 Å². The second-order valence-electron chi connectivity index (χ2n) is 6.70. The lowest BCUT2D eigenvalue weighted by molar-refractivity contribution is -0.138. The summed E-state index contributed by atoms with van der Waals surface area (Å²) in [6, 6.07) is 4.78. The summed E-state index contributed by atoms with van der Waals surface area (Å²) >= 11 is 0. The van der Waals surface area contributed by atoms with Crippen LogP contribution in [0.4, 0.5) is 18.0 Å². The molecule has 3 amide bonds. The number of nitrogens with one attached hydrogen (secondary N) is 1. The highest BCUT2D eigenvalue weighted by Crippen LogP contribution is 2.35. The zero-order valence-electron chi connectivity index (χ0n) is 15.7. The summed E-state index contributed by atoms with van der Waals surface area (Å²) < 4.78 is 49.1. The maximum atomic E-state index is 13.0. The number of furan rings is 1. The number of hydrogen-bond donors (Lipinski definition) is 1. The van der Waals surface area contributed by atoms with Crippen molar-refractivity contribution < 1.29 is 36.7 Å². The van der Waals surface area contributed by atoms with Gasteiger partial charge in [-0.05, 0) is 37.6 Å². The molecule has 3 rings (SSSR count). The highest BCUT2D eigenvalue weighted by molar-refractivity contribution is 6.07. The van der Waals surface area contributed by atoms with E-state index in [1.54, 1.807) is 0 Å². The van der Waals surface area contributed by atoms with Crippen molar-refractivity contribution in [1.29, 1.82) is 0 Å². The molecular weight excluding hydrogens is 393 g/mol. The van der Waals surface area contributed by atoms with E-state index >= 15 is 0 Å². The zero-order valence-corrected chi connectivity index (χ0v) is 15.7. The quantitative estimate of drug-likeness (QED) is 0.617. The molecule has 7 nitrogen and oxygen atoms in total. The summed E-state index contributed by atoms with van der Waals surface area (Å²) in [5.41, 5.74) is -2.46. The van der Waals surface area contributed by atoms with Crippen molar-refractivity contribution in [2.45, 2.75) is 32.1 Å². The molecule has 1 N–H and O–H groups in total. The molecule has 1 aliphatic heterocycles. The standard InChI is InChI=1S/C19H17F3N2O5/c1-10-14(15(25)28-3)8-13(29-10)9-24-16(26)18(2,23-17(24)27)11-5-4-6-12(7-11)19(20,21)22/h4-8H,9H2,1-3H3,(H,23,27). The fourth-order valence-electron chi connectivity index (χ4n) is 3.13. The SMILES string of the molecule is COC(=O)c1cc(CN2C(=O)NC(C)(c3cccc(C(F)(F)F)c3)C2=O)oc1C. The Balaban J connectivity index is 1.89. The molecule has 0 saturated carbocycles. The number of urea groups is 1. The second kappa shape index (κ2) is 6.94. The van der Waals surface area contributed by atoms with E-state index < -0.39 is 35.2 Å². The molecule has 1 aliphatic rings. The number of methoxy groups -OCH3 is 1. The minimum absolute atomic E-state index is 0.000879. The Kier molecular flexibility index (Phi) is 4.89. The number of aryl methyl sites for hydroxylation is 1. The van der Waals surface area contributed by atoms with E-state index in [2.05, 4.69) is 10.1 Å². The van der Waals surface area contributed by atoms with Gasteiger partial charge < -0.3 is 14.5 Å². The van der Waals surface area contributed by atoms with Crippen molar-refractivity contribution >= 4 is 17.9 Å². The molecule has 1 aromatic heterocycles. The first-order chi connectivity index (χ1) is 13.5. The van der Waals surface area contributed by atoms with Gasteiger partial charge in [0.2, 0.25) is 0 Å². The third-order valence-corrected chi connectivity index (χ3v) is 4.73. The Morgan fingerprint density at radius 2 is 1.97 bits per heavy atom. The van der Waals surface area contributed by atoms with E-state index in [0.29, 0.717) is 0 Å². The summed E-state index contributed by atoms with van der Waals surface area (Å²) in [4.78, 5) is 37.8. The van der Waals surface area contributed by atoms with Gasteiger partial charge in [0.25, 0.3) is 5.91 Å². The first kappa shape index (κ1) is 20.4. The number of esters is 1. The van der Waals surface area contributed by atoms with Crippen LogP contribution in [-0.2, 0) is 27.8 Å². The predicted molar refractivity (Wildman–Crippen MR) is 92.7 cm³/mol. The van der Waals surface area contributed by atoms with Crippen molar-refractivity contribution in [2.75, 3.05) is 7.11 Å². The molecule has 1 saturated heterocycles. The van der Waals surface area contributed by atoms with Crippen molar-refractivity contribution in [1.82, 2.24) is 10.2 Å². The maximum absolute atomic E-state index is 13.0. The van der Waals surface area contributed by atoms with Crippen LogP contribution in [0.15, 0.2) is 34.7 Å². The van der Waals surface area contributed by atoms with Gasteiger partial charge in [-0.25, -0.2) is 9.59 Å². The average Bonchev–Trinajstić information content (AvgIpc) is 3.13. The predicted octanol–water partition coefficient (Wildman–Crippen LogP) is 3.36. The summed E-state index contributed by atoms with van der Waals surface area (Å²) in [7, 11) is 1.20. The Bertz CT molecular complexity index is 998. The monoisotopic (exact) mass is 410 g/mol. The molecule has 1 atom stereocenters. The number of nitrogens with zero attached hydrogens (tertiary/aromatic N) is 1. The minimum atomic E-state index is -4.59. The van der Waals surface area contributed by atoms with Gasteiger partial charge in [0.05, 0.1) is 19.2 Å². The summed E-state index contributed by atoms with van der Waals surface area (Å²) in [6.07, 6.45) is -4.59. The normalized spacial score (nSPS) is 19.4. The zero-order chi connectivity index (χ0) is 21.6. The van der Waals surface area contributed by atoms with Gasteiger partial charge in [-0.15, -0.1) is 0 Å². The molecule has 0 aliphatic carbocycles. The molecular formula is C19H17F3N2O5. The summed E-state index contributed by atoms with van der Waals surface area (Å²) in [5.74, 6) is -0.974. The molecule has 1 unspecified atom stereocenters. The molecule has 1 aromatic carbocycles. The molecule has 10 heteroatoms. The number of amides is 3. The summed E-state index contributed by atoms with van der Waals surface area (Å²) in [6.45, 7) is 2.56. The van der Waals surface area contributed by atoms with Gasteiger partial charge in [-0.2, -0.15) is 13.2 Å². The number of carbonyl (C=O) groups is 3. The number of hydrogen-bond acceptors (Lipinski definition) is 5. The smallest absolute Gasteiger partial charge is 0.416 e. The molecule has 0 bridgehead atoms. The van der Waals surface area contributed by atoms with Crippen LogP contribution in [0.3, 0.4) is 0 Å². The van der Waals surface area contributed by atoms with Gasteiger partial charge in [0, 0.05) is 0 Å². The first-order valence-corrected chi connectivity index (χ1v) is 8.47. The molecule has 29 heavy (non-hydrogen) atoms. The fourth-order valence-corrected chi connectivity index (χ4v) is 3.13. The lowest BCUT2D eigenvalue weighted by Gasteiger charge is -2.23. The number of benzene rings is 1. The Labute approximate surface area is 163 Å². The topological polar surface area (TPSA) is 88.9 Å². The van der Waals surface area contributed by atoms with Gasteiger partial charge in [0.15, 0.2) is 0 Å². The van der Waals surface area contributed by atoms with Crippen LogP contribution in [0.1, 0.15) is 39.9 Å². The van der Waals surface area contributed by atoms with Crippen LogP contribution in [0.2, 0.25) is 0 Å². The second-order valence-corrected chi connectivity index (χ2v) is 6.70. The van der Waals surface area contributed by atoms with Crippen molar-refractivity contribution in [3.05, 3.63) is 58.5 Å². The number of halogens is 3. The van der Waals surface area contributed by atoms with Gasteiger partial charge in [-0.3, -0.25) is 9.69 Å². The first-order valence-electron chi connectivity index (χ1n) is 8.47. The molecule has 2 heterocycles. The van der Waals surface area contributed by atoms with Gasteiger partial charge >= 0.3 is 18.2 Å². The molecule has 154 valence electrons. The number of carbonyl (C=O) groups excluding carboxylic acids is 3. The largest absolute Gasteiger partial charge is 0.465 e. The summed E-state index contributed by atoms with van der Waals surface area (Å²) in [5, 5.41) is 2.44. The highest BCUT2D eigenvalue weighted by Gasteiger charge is 2.49. The maximum Gasteiger partial charge on any atom is 0.416 e. The minimum Gasteiger partial charge on any atom is -0.465 e. The van der Waals surface area contributed by atoms with Crippen LogP contribution in [-0.4, -0.2) is 29.9 Å². The molecule has 2 aromatic rings. The number of alkyl halides is 3. The van der Waals surface area contributed by atoms with Crippen LogP contribution >= 0.6 is 0 Å². The lowest BCUT2D eigenvalue weighted by Crippen LogP contribution is -2.41. The molecule has 0 radical (unpaired) electrons. The van der Waals surface area contributed by atoms with E-state index in [9.17, 15) is 27.6 Å². The van der Waals surface area contributed by atoms with Crippen LogP contribution in [0.25, 0.3) is 0 Å². The van der Waals surface area contributed by atoms with Crippen LogP contribution in [0.5, 0.6) is 0 Å². The Hall–Kier alpha value is -3.30. The Morgan fingerprint density at radius 1 is 1.28 bits per heavy atom. The molecule has 0 spiro atoms. The van der Waals surface area contributed by atoms with Crippen molar-refractivity contribution in [3.8, 4) is 0 Å². The third kappa shape index (κ3) is 3.57. The van der Waals surface area contributed by atoms with E-state index in [1.165, 1.54) is 39.2 Å².